The van der Waals surface area contributed by atoms with Crippen LogP contribution >= 0.6 is 0 Å². The Labute approximate surface area is 121 Å². The molecule has 1 aliphatic rings. The summed E-state index contributed by atoms with van der Waals surface area (Å²) in [7, 11) is 0. The number of carbonyl (C=O) groups excluding carboxylic acids is 1. The smallest absolute Gasteiger partial charge is 0.227 e. The number of hydrogen-bond donors (Lipinski definition) is 2. The van der Waals surface area contributed by atoms with Gasteiger partial charge in [-0.3, -0.25) is 4.79 Å². The molecule has 0 aliphatic heterocycles. The highest BCUT2D eigenvalue weighted by atomic mass is 19.2. The van der Waals surface area contributed by atoms with Gasteiger partial charge in [-0.15, -0.1) is 0 Å². The second-order valence-corrected chi connectivity index (χ2v) is 5.09. The topological polar surface area (TPSA) is 41.1 Å². The minimum Gasteiger partial charge on any atom is -0.355 e. The van der Waals surface area contributed by atoms with Crippen molar-refractivity contribution < 1.29 is 13.6 Å². The zero-order valence-corrected chi connectivity index (χ0v) is 11.2. The summed E-state index contributed by atoms with van der Waals surface area (Å²) < 4.78 is 25.9. The first-order chi connectivity index (χ1) is 10.1. The molecular formula is C16H14F2N2O. The lowest BCUT2D eigenvalue weighted by molar-refractivity contribution is -0.117. The molecule has 0 heterocycles. The molecule has 3 nitrogen and oxygen atoms in total. The number of hydrogen-bond acceptors (Lipinski definition) is 2. The van der Waals surface area contributed by atoms with Crippen molar-refractivity contribution in [1.29, 1.82) is 0 Å². The number of amides is 1. The first-order valence-corrected chi connectivity index (χ1v) is 6.75. The maximum Gasteiger partial charge on any atom is 0.227 e. The second kappa shape index (κ2) is 5.52. The molecule has 5 heteroatoms. The van der Waals surface area contributed by atoms with Crippen LogP contribution in [0.3, 0.4) is 0 Å². The zero-order chi connectivity index (χ0) is 14.8. The quantitative estimate of drug-likeness (QED) is 0.891. The molecule has 108 valence electrons. The molecule has 0 spiro atoms. The van der Waals surface area contributed by atoms with Crippen LogP contribution in [0, 0.1) is 17.6 Å². The van der Waals surface area contributed by atoms with Gasteiger partial charge in [0, 0.05) is 29.0 Å². The lowest BCUT2D eigenvalue weighted by Gasteiger charge is -2.09. The molecule has 0 atom stereocenters. The average Bonchev–Trinajstić information content (AvgIpc) is 3.30. The predicted molar refractivity (Wildman–Crippen MR) is 77.4 cm³/mol. The minimum atomic E-state index is -0.895. The van der Waals surface area contributed by atoms with Gasteiger partial charge >= 0.3 is 0 Å². The highest BCUT2D eigenvalue weighted by Crippen LogP contribution is 2.30. The SMILES string of the molecule is O=C(Nc1ccc(Nc2ccc(F)c(F)c2)cc1)C1CC1. The van der Waals surface area contributed by atoms with Crippen molar-refractivity contribution in [1.82, 2.24) is 0 Å². The molecule has 1 saturated carbocycles. The van der Waals surface area contributed by atoms with Crippen LogP contribution in [-0.4, -0.2) is 5.91 Å². The maximum absolute atomic E-state index is 13.1. The Morgan fingerprint density at radius 2 is 1.52 bits per heavy atom. The van der Waals surface area contributed by atoms with E-state index in [4.69, 9.17) is 0 Å². The van der Waals surface area contributed by atoms with Crippen molar-refractivity contribution in [3.05, 3.63) is 54.1 Å². The van der Waals surface area contributed by atoms with E-state index in [1.165, 1.54) is 6.07 Å². The Morgan fingerprint density at radius 1 is 0.905 bits per heavy atom. The van der Waals surface area contributed by atoms with E-state index >= 15 is 0 Å². The van der Waals surface area contributed by atoms with E-state index in [2.05, 4.69) is 10.6 Å². The van der Waals surface area contributed by atoms with Gasteiger partial charge in [-0.05, 0) is 49.2 Å². The fraction of sp³-hybridized carbons (Fsp3) is 0.188. The van der Waals surface area contributed by atoms with Crippen molar-refractivity contribution in [3.63, 3.8) is 0 Å². The first kappa shape index (κ1) is 13.5. The lowest BCUT2D eigenvalue weighted by atomic mass is 10.2. The molecule has 1 aliphatic carbocycles. The van der Waals surface area contributed by atoms with Gasteiger partial charge in [-0.25, -0.2) is 8.78 Å². The fourth-order valence-electron chi connectivity index (χ4n) is 1.97. The number of nitrogens with one attached hydrogen (secondary N) is 2. The molecule has 1 amide bonds. The Bertz CT molecular complexity index is 666. The van der Waals surface area contributed by atoms with Gasteiger partial charge in [0.2, 0.25) is 5.91 Å². The third kappa shape index (κ3) is 3.37. The highest BCUT2D eigenvalue weighted by molar-refractivity contribution is 5.94. The van der Waals surface area contributed by atoms with Crippen molar-refractivity contribution in [2.24, 2.45) is 5.92 Å². The van der Waals surface area contributed by atoms with Gasteiger partial charge in [0.25, 0.3) is 0 Å². The zero-order valence-electron chi connectivity index (χ0n) is 11.2. The second-order valence-electron chi connectivity index (χ2n) is 5.09. The predicted octanol–water partition coefficient (Wildman–Crippen LogP) is 4.06. The maximum atomic E-state index is 13.1. The average molecular weight is 288 g/mol. The van der Waals surface area contributed by atoms with E-state index in [0.717, 1.165) is 36.3 Å². The molecular weight excluding hydrogens is 274 g/mol. The molecule has 3 rings (SSSR count). The van der Waals surface area contributed by atoms with Gasteiger partial charge in [0.1, 0.15) is 0 Å². The van der Waals surface area contributed by atoms with Crippen LogP contribution in [0.25, 0.3) is 0 Å². The Morgan fingerprint density at radius 3 is 2.14 bits per heavy atom. The summed E-state index contributed by atoms with van der Waals surface area (Å²) in [6, 6.07) is 10.7. The van der Waals surface area contributed by atoms with Gasteiger partial charge in [-0.1, -0.05) is 0 Å². The largest absolute Gasteiger partial charge is 0.355 e. The molecule has 1 fully saturated rings. The van der Waals surface area contributed by atoms with Gasteiger partial charge in [-0.2, -0.15) is 0 Å². The van der Waals surface area contributed by atoms with E-state index in [1.54, 1.807) is 24.3 Å². The van der Waals surface area contributed by atoms with E-state index in [1.807, 2.05) is 0 Å². The standard InChI is InChI=1S/C16H14F2N2O/c17-14-8-7-13(9-15(14)18)19-11-3-5-12(6-4-11)20-16(21)10-1-2-10/h3-10,19H,1-2H2,(H,20,21). The lowest BCUT2D eigenvalue weighted by Crippen LogP contribution is -2.13. The van der Waals surface area contributed by atoms with E-state index in [-0.39, 0.29) is 11.8 Å². The van der Waals surface area contributed by atoms with Crippen LogP contribution in [0.2, 0.25) is 0 Å². The van der Waals surface area contributed by atoms with Crippen molar-refractivity contribution in [2.45, 2.75) is 12.8 Å². The third-order valence-corrected chi connectivity index (χ3v) is 3.31. The van der Waals surface area contributed by atoms with Crippen LogP contribution in [0.1, 0.15) is 12.8 Å². The van der Waals surface area contributed by atoms with Crippen LogP contribution in [0.4, 0.5) is 25.8 Å². The molecule has 0 radical (unpaired) electrons. The Hall–Kier alpha value is -2.43. The number of rotatable bonds is 4. The summed E-state index contributed by atoms with van der Waals surface area (Å²) in [5.41, 5.74) is 1.91. The van der Waals surface area contributed by atoms with Gasteiger partial charge in [0.15, 0.2) is 11.6 Å². The molecule has 2 aromatic carbocycles. The molecule has 0 bridgehead atoms. The summed E-state index contributed by atoms with van der Waals surface area (Å²) in [5.74, 6) is -1.56. The number of carbonyl (C=O) groups is 1. The van der Waals surface area contributed by atoms with Crippen LogP contribution < -0.4 is 10.6 Å². The Kier molecular flexibility index (Phi) is 3.56. The van der Waals surface area contributed by atoms with Gasteiger partial charge < -0.3 is 10.6 Å². The molecule has 0 saturated heterocycles. The van der Waals surface area contributed by atoms with Crippen LogP contribution in [0.5, 0.6) is 0 Å². The van der Waals surface area contributed by atoms with Crippen molar-refractivity contribution in [2.75, 3.05) is 10.6 Å². The molecule has 0 unspecified atom stereocenters. The molecule has 2 aromatic rings. The summed E-state index contributed by atoms with van der Waals surface area (Å²) in [6.45, 7) is 0. The fourth-order valence-corrected chi connectivity index (χ4v) is 1.97. The monoisotopic (exact) mass is 288 g/mol. The first-order valence-electron chi connectivity index (χ1n) is 6.75. The van der Waals surface area contributed by atoms with Crippen LogP contribution in [0.15, 0.2) is 42.5 Å². The molecule has 21 heavy (non-hydrogen) atoms. The number of anilines is 3. The van der Waals surface area contributed by atoms with E-state index in [0.29, 0.717) is 5.69 Å². The molecule has 2 N–H and O–H groups in total. The van der Waals surface area contributed by atoms with Crippen molar-refractivity contribution in [3.8, 4) is 0 Å². The highest BCUT2D eigenvalue weighted by Gasteiger charge is 2.29. The Balaban J connectivity index is 1.65. The molecule has 0 aromatic heterocycles. The summed E-state index contributed by atoms with van der Waals surface area (Å²) in [4.78, 5) is 11.6. The summed E-state index contributed by atoms with van der Waals surface area (Å²) in [5, 5.41) is 5.80. The normalized spacial score (nSPS) is 13.8. The van der Waals surface area contributed by atoms with Gasteiger partial charge in [0.05, 0.1) is 0 Å². The summed E-state index contributed by atoms with van der Waals surface area (Å²) >= 11 is 0. The van der Waals surface area contributed by atoms with Crippen molar-refractivity contribution >= 4 is 23.0 Å². The minimum absolute atomic E-state index is 0.0521. The number of benzene rings is 2. The summed E-state index contributed by atoms with van der Waals surface area (Å²) in [6.07, 6.45) is 1.92. The van der Waals surface area contributed by atoms with E-state index in [9.17, 15) is 13.6 Å². The van der Waals surface area contributed by atoms with Crippen LogP contribution in [-0.2, 0) is 4.79 Å². The van der Waals surface area contributed by atoms with E-state index < -0.39 is 11.6 Å². The number of halogens is 2. The third-order valence-electron chi connectivity index (χ3n) is 3.31.